The lowest BCUT2D eigenvalue weighted by molar-refractivity contribution is 0.0902. The average Bonchev–Trinajstić information content (AvgIpc) is 3.22. The van der Waals surface area contributed by atoms with Gasteiger partial charge in [0, 0.05) is 18.2 Å². The summed E-state index contributed by atoms with van der Waals surface area (Å²) in [4.78, 5) is 18.0. The number of amides is 1. The van der Waals surface area contributed by atoms with E-state index in [0.717, 1.165) is 48.6 Å². The molecule has 0 unspecified atom stereocenters. The van der Waals surface area contributed by atoms with E-state index in [9.17, 15) is 4.79 Å². The zero-order valence-electron chi connectivity index (χ0n) is 16.1. The number of hydrogen-bond acceptors (Lipinski definition) is 4. The molecular weight excluding hydrogens is 344 g/mol. The minimum Gasteiger partial charge on any atom is -0.378 e. The van der Waals surface area contributed by atoms with Crippen LogP contribution in [0.15, 0.2) is 18.2 Å². The van der Waals surface area contributed by atoms with Gasteiger partial charge in [0.25, 0.3) is 5.91 Å². The Morgan fingerprint density at radius 1 is 1.38 bits per heavy atom. The molecule has 4 nitrogen and oxygen atoms in total. The molecule has 1 fully saturated rings. The van der Waals surface area contributed by atoms with Gasteiger partial charge in [0.05, 0.1) is 11.8 Å². The van der Waals surface area contributed by atoms with Gasteiger partial charge >= 0.3 is 0 Å². The lowest BCUT2D eigenvalue weighted by atomic mass is 10.1. The minimum atomic E-state index is -0.0177. The number of carbonyl (C=O) groups is 1. The number of ether oxygens (including phenoxy) is 1. The second-order valence-corrected chi connectivity index (χ2v) is 8.34. The van der Waals surface area contributed by atoms with Crippen molar-refractivity contribution in [2.45, 2.75) is 65.5 Å². The molecule has 1 aliphatic rings. The summed E-state index contributed by atoms with van der Waals surface area (Å²) in [6, 6.07) is 6.47. The van der Waals surface area contributed by atoms with E-state index in [1.54, 1.807) is 0 Å². The summed E-state index contributed by atoms with van der Waals surface area (Å²) in [6.07, 6.45) is 4.63. The zero-order valence-corrected chi connectivity index (χ0v) is 16.9. The molecule has 0 bridgehead atoms. The molecule has 1 saturated heterocycles. The van der Waals surface area contributed by atoms with E-state index in [1.165, 1.54) is 22.5 Å². The highest BCUT2D eigenvalue weighted by atomic mass is 32.1. The van der Waals surface area contributed by atoms with E-state index >= 15 is 0 Å². The molecule has 2 aromatic rings. The van der Waals surface area contributed by atoms with Gasteiger partial charge in [-0.1, -0.05) is 23.8 Å². The van der Waals surface area contributed by atoms with Crippen LogP contribution in [-0.4, -0.2) is 29.6 Å². The van der Waals surface area contributed by atoms with E-state index in [2.05, 4.69) is 49.3 Å². The van der Waals surface area contributed by atoms with Gasteiger partial charge in [0.15, 0.2) is 0 Å². The maximum Gasteiger partial charge on any atom is 0.263 e. The second-order valence-electron chi connectivity index (χ2n) is 7.34. The molecule has 2 atom stereocenters. The molecule has 1 amide bonds. The first-order chi connectivity index (χ1) is 12.4. The Balaban J connectivity index is 1.65. The molecule has 0 radical (unpaired) electrons. The number of nitrogens with zero attached hydrogens (tertiary/aromatic N) is 1. The van der Waals surface area contributed by atoms with E-state index in [1.807, 2.05) is 6.92 Å². The van der Waals surface area contributed by atoms with Gasteiger partial charge in [-0.15, -0.1) is 11.3 Å². The molecule has 0 spiro atoms. The lowest BCUT2D eigenvalue weighted by Gasteiger charge is -2.16. The number of rotatable bonds is 6. The third-order valence-electron chi connectivity index (χ3n) is 4.94. The van der Waals surface area contributed by atoms with Crippen LogP contribution in [0.4, 0.5) is 0 Å². The SMILES string of the molecule is Cc1ccc(-c2nc(C)c(C(=O)N[C@@H](C)CC[C@@H]3CCCO3)s2)c(C)c1. The minimum absolute atomic E-state index is 0.0177. The highest BCUT2D eigenvalue weighted by molar-refractivity contribution is 7.17. The standard InChI is InChI=1S/C21H28N2O2S/c1-13-7-10-18(14(2)12-13)21-23-16(4)19(26-21)20(24)22-15(3)8-9-17-6-5-11-25-17/h7,10,12,15,17H,5-6,8-9,11H2,1-4H3,(H,22,24)/t15-,17-/m0/s1. The van der Waals surface area contributed by atoms with Crippen LogP contribution in [0, 0.1) is 20.8 Å². The largest absolute Gasteiger partial charge is 0.378 e. The van der Waals surface area contributed by atoms with Gasteiger partial charge in [-0.2, -0.15) is 0 Å². The molecule has 140 valence electrons. The first-order valence-corrected chi connectivity index (χ1v) is 10.2. The van der Waals surface area contributed by atoms with Crippen molar-refractivity contribution in [1.82, 2.24) is 10.3 Å². The Bertz CT molecular complexity index is 778. The number of benzene rings is 1. The van der Waals surface area contributed by atoms with Gasteiger partial charge in [0.2, 0.25) is 0 Å². The summed E-state index contributed by atoms with van der Waals surface area (Å²) < 4.78 is 5.66. The molecule has 26 heavy (non-hydrogen) atoms. The first kappa shape index (κ1) is 19.1. The Morgan fingerprint density at radius 3 is 2.88 bits per heavy atom. The number of aromatic nitrogens is 1. The topological polar surface area (TPSA) is 51.2 Å². The Kier molecular flexibility index (Phi) is 6.09. The molecule has 0 aliphatic carbocycles. The highest BCUT2D eigenvalue weighted by Crippen LogP contribution is 2.30. The molecule has 1 aromatic heterocycles. The molecular formula is C21H28N2O2S. The smallest absolute Gasteiger partial charge is 0.263 e. The molecule has 1 aliphatic heterocycles. The number of aryl methyl sites for hydroxylation is 3. The van der Waals surface area contributed by atoms with Crippen molar-refractivity contribution in [1.29, 1.82) is 0 Å². The molecule has 0 saturated carbocycles. The zero-order chi connectivity index (χ0) is 18.7. The third kappa shape index (κ3) is 4.51. The van der Waals surface area contributed by atoms with Crippen molar-refractivity contribution in [3.8, 4) is 10.6 Å². The highest BCUT2D eigenvalue weighted by Gasteiger charge is 2.20. The molecule has 1 aromatic carbocycles. The van der Waals surface area contributed by atoms with Crippen molar-refractivity contribution in [2.24, 2.45) is 0 Å². The monoisotopic (exact) mass is 372 g/mol. The fraction of sp³-hybridized carbons (Fsp3) is 0.524. The maximum absolute atomic E-state index is 12.7. The van der Waals surface area contributed by atoms with Gasteiger partial charge in [0.1, 0.15) is 9.88 Å². The summed E-state index contributed by atoms with van der Waals surface area (Å²) in [5, 5.41) is 4.04. The summed E-state index contributed by atoms with van der Waals surface area (Å²) in [5.74, 6) is -0.0177. The van der Waals surface area contributed by atoms with Crippen LogP contribution in [0.2, 0.25) is 0 Å². The van der Waals surface area contributed by atoms with Gasteiger partial charge in [-0.05, 0) is 58.9 Å². The summed E-state index contributed by atoms with van der Waals surface area (Å²) in [5.41, 5.74) is 4.33. The van der Waals surface area contributed by atoms with E-state index in [0.29, 0.717) is 11.0 Å². The van der Waals surface area contributed by atoms with Crippen molar-refractivity contribution < 1.29 is 9.53 Å². The summed E-state index contributed by atoms with van der Waals surface area (Å²) in [6.45, 7) is 9.03. The molecule has 5 heteroatoms. The Morgan fingerprint density at radius 2 is 2.19 bits per heavy atom. The van der Waals surface area contributed by atoms with Crippen LogP contribution in [0.3, 0.4) is 0 Å². The number of carbonyl (C=O) groups excluding carboxylic acids is 1. The maximum atomic E-state index is 12.7. The second kappa shape index (κ2) is 8.31. The fourth-order valence-electron chi connectivity index (χ4n) is 3.45. The summed E-state index contributed by atoms with van der Waals surface area (Å²) >= 11 is 1.48. The third-order valence-corrected chi connectivity index (χ3v) is 6.13. The van der Waals surface area contributed by atoms with Crippen LogP contribution < -0.4 is 5.32 Å². The van der Waals surface area contributed by atoms with E-state index in [4.69, 9.17) is 4.74 Å². The quantitative estimate of drug-likeness (QED) is 0.791. The van der Waals surface area contributed by atoms with Crippen molar-refractivity contribution in [3.63, 3.8) is 0 Å². The predicted molar refractivity (Wildman–Crippen MR) is 107 cm³/mol. The van der Waals surface area contributed by atoms with Crippen molar-refractivity contribution in [2.75, 3.05) is 6.61 Å². The molecule has 3 rings (SSSR count). The van der Waals surface area contributed by atoms with E-state index < -0.39 is 0 Å². The molecule has 1 N–H and O–H groups in total. The van der Waals surface area contributed by atoms with Crippen molar-refractivity contribution >= 4 is 17.2 Å². The average molecular weight is 373 g/mol. The van der Waals surface area contributed by atoms with E-state index in [-0.39, 0.29) is 11.9 Å². The van der Waals surface area contributed by atoms with Crippen LogP contribution in [0.25, 0.3) is 10.6 Å². The van der Waals surface area contributed by atoms with Gasteiger partial charge in [-0.3, -0.25) is 4.79 Å². The number of nitrogens with one attached hydrogen (secondary N) is 1. The van der Waals surface area contributed by atoms with Crippen LogP contribution >= 0.6 is 11.3 Å². The fourth-order valence-corrected chi connectivity index (χ4v) is 4.51. The van der Waals surface area contributed by atoms with Gasteiger partial charge in [-0.25, -0.2) is 4.98 Å². The van der Waals surface area contributed by atoms with Gasteiger partial charge < -0.3 is 10.1 Å². The lowest BCUT2D eigenvalue weighted by Crippen LogP contribution is -2.33. The molecule has 2 heterocycles. The van der Waals surface area contributed by atoms with Crippen LogP contribution in [0.5, 0.6) is 0 Å². The van der Waals surface area contributed by atoms with Crippen LogP contribution in [0.1, 0.15) is 59.1 Å². The predicted octanol–water partition coefficient (Wildman–Crippen LogP) is 4.81. The summed E-state index contributed by atoms with van der Waals surface area (Å²) in [7, 11) is 0. The van der Waals surface area contributed by atoms with Crippen LogP contribution in [-0.2, 0) is 4.74 Å². The van der Waals surface area contributed by atoms with Crippen molar-refractivity contribution in [3.05, 3.63) is 39.9 Å². The Hall–Kier alpha value is -1.72. The normalized spacial score (nSPS) is 18.1. The Labute approximate surface area is 160 Å². The first-order valence-electron chi connectivity index (χ1n) is 9.41. The number of thiazole rings is 1. The number of hydrogen-bond donors (Lipinski definition) is 1.